The largest absolute Gasteiger partial charge is 0.343 e. The molecule has 1 aliphatic rings. The van der Waals surface area contributed by atoms with Gasteiger partial charge >= 0.3 is 0 Å². The zero-order valence-corrected chi connectivity index (χ0v) is 21.7. The van der Waals surface area contributed by atoms with Crippen LogP contribution in [0.25, 0.3) is 0 Å². The second-order valence-electron chi connectivity index (χ2n) is 8.39. The normalized spacial score (nSPS) is 16.3. The molecular weight excluding hydrogens is 499 g/mol. The summed E-state index contributed by atoms with van der Waals surface area (Å²) in [6, 6.07) is 10.2. The van der Waals surface area contributed by atoms with Gasteiger partial charge in [-0.05, 0) is 43.1 Å². The Hall–Kier alpha value is -2.32. The lowest BCUT2D eigenvalue weighted by Gasteiger charge is -2.31. The molecule has 34 heavy (non-hydrogen) atoms. The highest BCUT2D eigenvalue weighted by Crippen LogP contribution is 2.37. The molecule has 0 bridgehead atoms. The Morgan fingerprint density at radius 3 is 2.21 bits per heavy atom. The number of rotatable bonds is 7. The molecule has 10 heteroatoms. The van der Waals surface area contributed by atoms with Crippen molar-refractivity contribution in [2.24, 2.45) is 5.92 Å². The van der Waals surface area contributed by atoms with Gasteiger partial charge in [0.1, 0.15) is 12.1 Å². The Bertz CT molecular complexity index is 1040. The average Bonchev–Trinajstić information content (AvgIpc) is 3.18. The third-order valence-electron chi connectivity index (χ3n) is 5.80. The number of amides is 3. The summed E-state index contributed by atoms with van der Waals surface area (Å²) in [6.45, 7) is 5.68. The maximum Gasteiger partial charge on any atom is 0.251 e. The van der Waals surface area contributed by atoms with Crippen LogP contribution in [-0.2, 0) is 20.9 Å². The van der Waals surface area contributed by atoms with E-state index in [0.29, 0.717) is 15.7 Å². The van der Waals surface area contributed by atoms with Gasteiger partial charge in [-0.15, -0.1) is 12.4 Å². The molecule has 0 saturated carbocycles. The third-order valence-corrected chi connectivity index (χ3v) is 6.43. The molecule has 0 aliphatic carbocycles. The van der Waals surface area contributed by atoms with Gasteiger partial charge in [-0.1, -0.05) is 67.4 Å². The number of hydrogen-bond acceptors (Lipinski definition) is 4. The summed E-state index contributed by atoms with van der Waals surface area (Å²) < 4.78 is 0. The number of carbonyl (C=O) groups is 3. The van der Waals surface area contributed by atoms with Crippen LogP contribution in [0, 0.1) is 5.92 Å². The molecule has 0 fully saturated rings. The zero-order chi connectivity index (χ0) is 24.3. The molecule has 184 valence electrons. The monoisotopic (exact) mass is 526 g/mol. The van der Waals surface area contributed by atoms with Crippen LogP contribution < -0.4 is 16.0 Å². The Labute approximate surface area is 216 Å². The number of anilines is 1. The van der Waals surface area contributed by atoms with E-state index in [1.54, 1.807) is 32.2 Å². The molecule has 1 aliphatic heterocycles. The van der Waals surface area contributed by atoms with Crippen molar-refractivity contribution in [3.63, 3.8) is 0 Å². The summed E-state index contributed by atoms with van der Waals surface area (Å²) >= 11 is 12.5. The molecule has 3 N–H and O–H groups in total. The van der Waals surface area contributed by atoms with Crippen LogP contribution >= 0.6 is 35.6 Å². The van der Waals surface area contributed by atoms with Gasteiger partial charge in [-0.3, -0.25) is 14.4 Å². The summed E-state index contributed by atoms with van der Waals surface area (Å²) in [5.41, 5.74) is 1.89. The first-order valence-electron chi connectivity index (χ1n) is 10.8. The summed E-state index contributed by atoms with van der Waals surface area (Å²) in [7, 11) is 1.67. The Kier molecular flexibility index (Phi) is 9.76. The van der Waals surface area contributed by atoms with Crippen molar-refractivity contribution in [3.8, 4) is 0 Å². The van der Waals surface area contributed by atoms with Crippen LogP contribution in [0.15, 0.2) is 42.5 Å². The summed E-state index contributed by atoms with van der Waals surface area (Å²) in [5.74, 6) is -1.23. The van der Waals surface area contributed by atoms with E-state index in [-0.39, 0.29) is 36.7 Å². The first-order valence-corrected chi connectivity index (χ1v) is 11.5. The number of carbonyl (C=O) groups excluding carboxylic acids is 3. The van der Waals surface area contributed by atoms with Gasteiger partial charge in [-0.2, -0.15) is 0 Å². The van der Waals surface area contributed by atoms with E-state index in [0.717, 1.165) is 11.1 Å². The fourth-order valence-corrected chi connectivity index (χ4v) is 4.28. The number of para-hydroxylation sites is 1. The van der Waals surface area contributed by atoms with E-state index in [1.165, 1.54) is 4.90 Å². The number of benzene rings is 2. The van der Waals surface area contributed by atoms with Crippen LogP contribution in [0.3, 0.4) is 0 Å². The van der Waals surface area contributed by atoms with Gasteiger partial charge in [0.25, 0.3) is 5.91 Å². The second-order valence-corrected chi connectivity index (χ2v) is 9.21. The highest BCUT2D eigenvalue weighted by molar-refractivity contribution is 6.39. The quantitative estimate of drug-likeness (QED) is 0.504. The van der Waals surface area contributed by atoms with E-state index in [4.69, 9.17) is 23.2 Å². The van der Waals surface area contributed by atoms with Gasteiger partial charge in [-0.25, -0.2) is 0 Å². The predicted molar refractivity (Wildman–Crippen MR) is 137 cm³/mol. The molecule has 0 radical (unpaired) electrons. The van der Waals surface area contributed by atoms with Gasteiger partial charge in [0.2, 0.25) is 11.8 Å². The summed E-state index contributed by atoms with van der Waals surface area (Å²) in [5, 5.41) is 9.09. The van der Waals surface area contributed by atoms with Crippen LogP contribution in [0.4, 0.5) is 5.69 Å². The number of nitrogens with one attached hydrogen (secondary N) is 3. The molecule has 3 amide bonds. The first kappa shape index (κ1) is 27.9. The fraction of sp³-hybridized carbons (Fsp3) is 0.375. The number of nitrogens with zero attached hydrogens (tertiary/aromatic N) is 1. The van der Waals surface area contributed by atoms with E-state index in [9.17, 15) is 14.4 Å². The van der Waals surface area contributed by atoms with E-state index >= 15 is 0 Å². The maximum absolute atomic E-state index is 13.7. The third kappa shape index (κ3) is 5.84. The molecule has 2 aromatic rings. The van der Waals surface area contributed by atoms with E-state index in [2.05, 4.69) is 16.0 Å². The molecule has 0 saturated heterocycles. The van der Waals surface area contributed by atoms with Crippen molar-refractivity contribution in [2.45, 2.75) is 45.4 Å². The molecule has 0 spiro atoms. The molecule has 3 rings (SSSR count). The van der Waals surface area contributed by atoms with Crippen molar-refractivity contribution in [1.82, 2.24) is 15.5 Å². The predicted octanol–water partition coefficient (Wildman–Crippen LogP) is 4.19. The van der Waals surface area contributed by atoms with E-state index in [1.807, 2.05) is 38.1 Å². The molecular formula is C24H29Cl3N4O3. The van der Waals surface area contributed by atoms with Crippen molar-refractivity contribution in [2.75, 3.05) is 12.4 Å². The van der Waals surface area contributed by atoms with Crippen LogP contribution in [0.2, 0.25) is 10.0 Å². The first-order chi connectivity index (χ1) is 15.6. The van der Waals surface area contributed by atoms with Gasteiger partial charge in [0.05, 0.1) is 21.8 Å². The second kappa shape index (κ2) is 11.9. The Morgan fingerprint density at radius 2 is 1.62 bits per heavy atom. The van der Waals surface area contributed by atoms with E-state index < -0.39 is 24.0 Å². The highest BCUT2D eigenvalue weighted by atomic mass is 35.5. The lowest BCUT2D eigenvalue weighted by atomic mass is 10.0. The minimum absolute atomic E-state index is 0. The van der Waals surface area contributed by atoms with Crippen molar-refractivity contribution in [3.05, 3.63) is 63.6 Å². The molecule has 3 atom stereocenters. The van der Waals surface area contributed by atoms with Crippen molar-refractivity contribution in [1.29, 1.82) is 0 Å². The van der Waals surface area contributed by atoms with Crippen molar-refractivity contribution >= 4 is 59.0 Å². The lowest BCUT2D eigenvalue weighted by Crippen LogP contribution is -2.55. The molecule has 0 unspecified atom stereocenters. The fourth-order valence-electron chi connectivity index (χ4n) is 3.79. The maximum atomic E-state index is 13.7. The molecule has 2 aromatic carbocycles. The molecule has 7 nitrogen and oxygen atoms in total. The number of halogens is 3. The standard InChI is InChI=1S/C24H28Cl2N4O3.ClH/c1-13(2)19(28-22(31)14(3)27-4)24(33)30-12-15-8-5-6-9-16(15)21(30)23(32)29-20-17(25)10-7-11-18(20)26;/h5-11,13-14,19,21,27H,12H2,1-4H3,(H,28,31)(H,29,32);1H/t14-,19-,21-;/m0./s1. The van der Waals surface area contributed by atoms with Gasteiger partial charge < -0.3 is 20.9 Å². The van der Waals surface area contributed by atoms with Crippen molar-refractivity contribution < 1.29 is 14.4 Å². The molecule has 0 aromatic heterocycles. The zero-order valence-electron chi connectivity index (χ0n) is 19.4. The SMILES string of the molecule is CN[C@@H](C)C(=O)N[C@H](C(=O)N1Cc2ccccc2[C@H]1C(=O)Nc1c(Cl)cccc1Cl)C(C)C.Cl. The number of hydrogen-bond donors (Lipinski definition) is 3. The van der Waals surface area contributed by atoms with Crippen LogP contribution in [0.1, 0.15) is 37.9 Å². The number of fused-ring (bicyclic) bond motifs is 1. The van der Waals surface area contributed by atoms with Crippen LogP contribution in [0.5, 0.6) is 0 Å². The topological polar surface area (TPSA) is 90.5 Å². The lowest BCUT2D eigenvalue weighted by molar-refractivity contribution is -0.143. The Morgan fingerprint density at radius 1 is 1.00 bits per heavy atom. The minimum Gasteiger partial charge on any atom is -0.343 e. The average molecular weight is 528 g/mol. The summed E-state index contributed by atoms with van der Waals surface area (Å²) in [6.07, 6.45) is 0. The number of likely N-dealkylation sites (N-methyl/N-ethyl adjacent to an activating group) is 1. The van der Waals surface area contributed by atoms with Crippen LogP contribution in [-0.4, -0.2) is 41.8 Å². The van der Waals surface area contributed by atoms with Gasteiger partial charge in [0, 0.05) is 6.54 Å². The smallest absolute Gasteiger partial charge is 0.251 e. The minimum atomic E-state index is -0.888. The Balaban J connectivity index is 0.00000408. The molecule has 1 heterocycles. The highest BCUT2D eigenvalue weighted by Gasteiger charge is 2.42. The van der Waals surface area contributed by atoms with Gasteiger partial charge in [0.15, 0.2) is 0 Å². The summed E-state index contributed by atoms with van der Waals surface area (Å²) in [4.78, 5) is 41.1.